The molecule has 0 bridgehead atoms. The standard InChI is InChI=1S/C33H37ClN2O3/c1-33(2,32(38)39)26-8-3-6-25(20-26)29(37)9-5-17-36-18-14-22(15-19-36)30-28-13-12-27(34)21-24(28)11-10-23-7-4-16-35-31(23)30/h3-4,6-8,12-13,16,20-21,29,37H,5,9-11,14-15,17-19H2,1-2H3,(H,38,39). The Hall–Kier alpha value is -2.99. The lowest BCUT2D eigenvalue weighted by molar-refractivity contribution is -0.142. The van der Waals surface area contributed by atoms with E-state index in [0.717, 1.165) is 68.0 Å². The van der Waals surface area contributed by atoms with E-state index in [9.17, 15) is 15.0 Å². The summed E-state index contributed by atoms with van der Waals surface area (Å²) in [6, 6.07) is 17.9. The number of nitrogens with zero attached hydrogens (tertiary/aromatic N) is 2. The molecule has 2 aromatic carbocycles. The second-order valence-electron chi connectivity index (χ2n) is 11.3. The van der Waals surface area contributed by atoms with E-state index in [1.807, 2.05) is 42.6 Å². The molecule has 2 heterocycles. The molecule has 39 heavy (non-hydrogen) atoms. The van der Waals surface area contributed by atoms with Gasteiger partial charge < -0.3 is 15.1 Å². The highest BCUT2D eigenvalue weighted by Gasteiger charge is 2.30. The van der Waals surface area contributed by atoms with E-state index in [1.54, 1.807) is 13.8 Å². The molecular weight excluding hydrogens is 508 g/mol. The molecule has 3 aromatic rings. The van der Waals surface area contributed by atoms with Crippen LogP contribution in [0.15, 0.2) is 66.4 Å². The first-order chi connectivity index (χ1) is 18.7. The van der Waals surface area contributed by atoms with E-state index in [2.05, 4.69) is 23.1 Å². The predicted molar refractivity (Wildman–Crippen MR) is 156 cm³/mol. The molecule has 0 amide bonds. The van der Waals surface area contributed by atoms with Gasteiger partial charge in [0.2, 0.25) is 0 Å². The minimum Gasteiger partial charge on any atom is -0.481 e. The van der Waals surface area contributed by atoms with Gasteiger partial charge in [0.1, 0.15) is 0 Å². The average molecular weight is 545 g/mol. The summed E-state index contributed by atoms with van der Waals surface area (Å²) < 4.78 is 0. The molecule has 0 spiro atoms. The van der Waals surface area contributed by atoms with Gasteiger partial charge in [-0.1, -0.05) is 53.6 Å². The molecule has 2 N–H and O–H groups in total. The van der Waals surface area contributed by atoms with Crippen LogP contribution < -0.4 is 0 Å². The zero-order valence-electron chi connectivity index (χ0n) is 22.8. The molecule has 5 nitrogen and oxygen atoms in total. The SMILES string of the molecule is CC(C)(C(=O)O)c1cccc(C(O)CCCN2CCC(=C3c4ccc(Cl)cc4CCc4cccnc43)CC2)c1. The monoisotopic (exact) mass is 544 g/mol. The van der Waals surface area contributed by atoms with E-state index in [4.69, 9.17) is 16.6 Å². The largest absolute Gasteiger partial charge is 0.481 e. The minimum atomic E-state index is -0.990. The van der Waals surface area contributed by atoms with E-state index < -0.39 is 17.5 Å². The molecule has 1 saturated heterocycles. The van der Waals surface area contributed by atoms with Gasteiger partial charge in [0, 0.05) is 29.9 Å². The van der Waals surface area contributed by atoms with Gasteiger partial charge in [-0.3, -0.25) is 9.78 Å². The number of aryl methyl sites for hydroxylation is 2. The number of carboxylic acid groups (broad SMARTS) is 1. The van der Waals surface area contributed by atoms with E-state index in [0.29, 0.717) is 12.0 Å². The molecule has 2 aliphatic rings. The Bertz CT molecular complexity index is 1390. The third-order valence-corrected chi connectivity index (χ3v) is 8.66. The van der Waals surface area contributed by atoms with Crippen molar-refractivity contribution in [3.05, 3.63) is 105 Å². The van der Waals surface area contributed by atoms with Crippen LogP contribution in [0.3, 0.4) is 0 Å². The number of benzene rings is 2. The summed E-state index contributed by atoms with van der Waals surface area (Å²) in [5, 5.41) is 21.2. The second kappa shape index (κ2) is 11.6. The summed E-state index contributed by atoms with van der Waals surface area (Å²) in [6.07, 6.45) is 6.77. The molecule has 204 valence electrons. The van der Waals surface area contributed by atoms with Crippen molar-refractivity contribution in [2.45, 2.75) is 63.9 Å². The van der Waals surface area contributed by atoms with Crippen LogP contribution in [0.25, 0.3) is 5.57 Å². The van der Waals surface area contributed by atoms with Crippen molar-refractivity contribution in [3.63, 3.8) is 0 Å². The number of aromatic nitrogens is 1. The van der Waals surface area contributed by atoms with Gasteiger partial charge in [0.15, 0.2) is 0 Å². The molecule has 0 radical (unpaired) electrons. The number of hydrogen-bond donors (Lipinski definition) is 2. The molecule has 1 aromatic heterocycles. The number of hydrogen-bond acceptors (Lipinski definition) is 4. The summed E-state index contributed by atoms with van der Waals surface area (Å²) in [6.45, 7) is 6.29. The number of rotatable bonds is 7. The maximum atomic E-state index is 11.6. The highest BCUT2D eigenvalue weighted by atomic mass is 35.5. The number of carboxylic acids is 1. The summed E-state index contributed by atoms with van der Waals surface area (Å²) in [5.74, 6) is -0.871. The number of carbonyl (C=O) groups is 1. The first-order valence-corrected chi connectivity index (χ1v) is 14.3. The Labute approximate surface area is 236 Å². The zero-order valence-corrected chi connectivity index (χ0v) is 23.5. The van der Waals surface area contributed by atoms with Gasteiger partial charge in [-0.2, -0.15) is 0 Å². The maximum Gasteiger partial charge on any atom is 0.313 e. The molecule has 1 aliphatic heterocycles. The summed E-state index contributed by atoms with van der Waals surface area (Å²) in [7, 11) is 0. The van der Waals surface area contributed by atoms with E-state index in [-0.39, 0.29) is 0 Å². The van der Waals surface area contributed by atoms with Crippen molar-refractivity contribution >= 4 is 23.1 Å². The lowest BCUT2D eigenvalue weighted by Crippen LogP contribution is -2.32. The van der Waals surface area contributed by atoms with Gasteiger partial charge in [0.25, 0.3) is 0 Å². The summed E-state index contributed by atoms with van der Waals surface area (Å²) in [5.41, 5.74) is 8.27. The molecule has 5 rings (SSSR count). The van der Waals surface area contributed by atoms with Crippen LogP contribution in [0.2, 0.25) is 5.02 Å². The molecule has 1 aliphatic carbocycles. The fourth-order valence-corrected chi connectivity index (χ4v) is 6.06. The minimum absolute atomic E-state index is 0.603. The van der Waals surface area contributed by atoms with Gasteiger partial charge in [-0.05, 0) is 105 Å². The number of aliphatic carboxylic acids is 1. The number of aliphatic hydroxyl groups is 1. The predicted octanol–water partition coefficient (Wildman–Crippen LogP) is 6.61. The second-order valence-corrected chi connectivity index (χ2v) is 11.8. The highest BCUT2D eigenvalue weighted by molar-refractivity contribution is 6.30. The summed E-state index contributed by atoms with van der Waals surface area (Å²) >= 11 is 6.36. The Kier molecular flexibility index (Phi) is 8.22. The van der Waals surface area contributed by atoms with Crippen LogP contribution >= 0.6 is 11.6 Å². The third kappa shape index (κ3) is 5.96. The molecule has 6 heteroatoms. The lowest BCUT2D eigenvalue weighted by Gasteiger charge is -2.30. The zero-order chi connectivity index (χ0) is 27.6. The van der Waals surface area contributed by atoms with Crippen molar-refractivity contribution in [3.8, 4) is 0 Å². The van der Waals surface area contributed by atoms with Gasteiger partial charge in [-0.25, -0.2) is 0 Å². The number of pyridine rings is 1. The highest BCUT2D eigenvalue weighted by Crippen LogP contribution is 2.38. The molecule has 1 fully saturated rings. The van der Waals surface area contributed by atoms with Crippen molar-refractivity contribution in [2.75, 3.05) is 19.6 Å². The lowest BCUT2D eigenvalue weighted by atomic mass is 9.83. The molecular formula is C33H37ClN2O3. The van der Waals surface area contributed by atoms with Crippen LogP contribution in [0, 0.1) is 0 Å². The Balaban J connectivity index is 1.24. The van der Waals surface area contributed by atoms with Crippen molar-refractivity contribution in [1.29, 1.82) is 0 Å². The van der Waals surface area contributed by atoms with Crippen LogP contribution in [0.5, 0.6) is 0 Å². The Morgan fingerprint density at radius 3 is 2.56 bits per heavy atom. The normalized spacial score (nSPS) is 16.8. The van der Waals surface area contributed by atoms with Crippen molar-refractivity contribution < 1.29 is 15.0 Å². The Morgan fingerprint density at radius 1 is 1.03 bits per heavy atom. The summed E-state index contributed by atoms with van der Waals surface area (Å²) in [4.78, 5) is 19.0. The number of aliphatic hydroxyl groups excluding tert-OH is 1. The van der Waals surface area contributed by atoms with Crippen molar-refractivity contribution in [2.24, 2.45) is 0 Å². The number of piperidine rings is 1. The van der Waals surface area contributed by atoms with Gasteiger partial charge in [0.05, 0.1) is 17.2 Å². The van der Waals surface area contributed by atoms with Crippen molar-refractivity contribution in [1.82, 2.24) is 9.88 Å². The topological polar surface area (TPSA) is 73.7 Å². The van der Waals surface area contributed by atoms with E-state index in [1.165, 1.54) is 27.8 Å². The first-order valence-electron chi connectivity index (χ1n) is 13.9. The molecule has 1 atom stereocenters. The quantitative estimate of drug-likeness (QED) is 0.350. The fraction of sp³-hybridized carbons (Fsp3) is 0.394. The number of likely N-dealkylation sites (tertiary alicyclic amines) is 1. The third-order valence-electron chi connectivity index (χ3n) is 8.42. The number of halogens is 1. The number of fused-ring (bicyclic) bond motifs is 2. The molecule has 1 unspecified atom stereocenters. The first kappa shape index (κ1) is 27.6. The van der Waals surface area contributed by atoms with Crippen LogP contribution in [0.4, 0.5) is 0 Å². The fourth-order valence-electron chi connectivity index (χ4n) is 5.86. The van der Waals surface area contributed by atoms with Gasteiger partial charge >= 0.3 is 5.97 Å². The maximum absolute atomic E-state index is 11.6. The molecule has 0 saturated carbocycles. The van der Waals surface area contributed by atoms with Crippen LogP contribution in [0.1, 0.15) is 79.1 Å². The average Bonchev–Trinajstić information content (AvgIpc) is 3.10. The van der Waals surface area contributed by atoms with Gasteiger partial charge in [-0.15, -0.1) is 0 Å². The van der Waals surface area contributed by atoms with Crippen LogP contribution in [-0.4, -0.2) is 45.7 Å². The Morgan fingerprint density at radius 2 is 1.79 bits per heavy atom. The van der Waals surface area contributed by atoms with Crippen LogP contribution in [-0.2, 0) is 23.1 Å². The smallest absolute Gasteiger partial charge is 0.313 e. The van der Waals surface area contributed by atoms with E-state index >= 15 is 0 Å².